The fourth-order valence-corrected chi connectivity index (χ4v) is 2.25. The summed E-state index contributed by atoms with van der Waals surface area (Å²) in [6.45, 7) is 0. The highest BCUT2D eigenvalue weighted by molar-refractivity contribution is 6.32. The molecule has 2 aromatic carbocycles. The molecule has 0 radical (unpaired) electrons. The topological polar surface area (TPSA) is 12.9 Å². The maximum absolute atomic E-state index is 6.14. The van der Waals surface area contributed by atoms with Crippen LogP contribution in [0.15, 0.2) is 60.8 Å². The SMILES string of the molecule is Clc1ccccc1/C=C/c1nccc2ccccc12. The number of hydrogen-bond donors (Lipinski definition) is 0. The van der Waals surface area contributed by atoms with E-state index in [9.17, 15) is 0 Å². The Bertz CT molecular complexity index is 742. The van der Waals surface area contributed by atoms with Crippen LogP contribution in [0.25, 0.3) is 22.9 Å². The van der Waals surface area contributed by atoms with Gasteiger partial charge >= 0.3 is 0 Å². The van der Waals surface area contributed by atoms with Crippen molar-refractivity contribution in [3.63, 3.8) is 0 Å². The lowest BCUT2D eigenvalue weighted by molar-refractivity contribution is 1.33. The summed E-state index contributed by atoms with van der Waals surface area (Å²) >= 11 is 6.14. The molecular formula is C17H12ClN. The average Bonchev–Trinajstić information content (AvgIpc) is 2.46. The molecule has 0 atom stereocenters. The van der Waals surface area contributed by atoms with Crippen LogP contribution in [0.5, 0.6) is 0 Å². The third kappa shape index (κ3) is 2.51. The first-order valence-electron chi connectivity index (χ1n) is 6.11. The molecule has 0 bridgehead atoms. The first kappa shape index (κ1) is 11.9. The largest absolute Gasteiger partial charge is 0.256 e. The molecule has 0 saturated heterocycles. The Kier molecular flexibility index (Phi) is 3.30. The van der Waals surface area contributed by atoms with Gasteiger partial charge in [-0.3, -0.25) is 4.98 Å². The fourth-order valence-electron chi connectivity index (χ4n) is 2.05. The summed E-state index contributed by atoms with van der Waals surface area (Å²) in [6.07, 6.45) is 5.83. The van der Waals surface area contributed by atoms with Crippen molar-refractivity contribution in [1.82, 2.24) is 4.98 Å². The second-order valence-electron chi connectivity index (χ2n) is 4.27. The van der Waals surface area contributed by atoms with Gasteiger partial charge < -0.3 is 0 Å². The second kappa shape index (κ2) is 5.25. The van der Waals surface area contributed by atoms with Crippen molar-refractivity contribution in [3.8, 4) is 0 Å². The smallest absolute Gasteiger partial charge is 0.0708 e. The van der Waals surface area contributed by atoms with E-state index >= 15 is 0 Å². The Morgan fingerprint density at radius 1 is 0.842 bits per heavy atom. The van der Waals surface area contributed by atoms with Crippen LogP contribution in [-0.2, 0) is 0 Å². The number of rotatable bonds is 2. The van der Waals surface area contributed by atoms with Crippen molar-refractivity contribution in [1.29, 1.82) is 0 Å². The van der Waals surface area contributed by atoms with E-state index < -0.39 is 0 Å². The van der Waals surface area contributed by atoms with Gasteiger partial charge in [-0.1, -0.05) is 60.1 Å². The molecule has 0 saturated carbocycles. The highest BCUT2D eigenvalue weighted by Crippen LogP contribution is 2.21. The number of fused-ring (bicyclic) bond motifs is 1. The summed E-state index contributed by atoms with van der Waals surface area (Å²) in [6, 6.07) is 18.0. The van der Waals surface area contributed by atoms with Gasteiger partial charge in [0.2, 0.25) is 0 Å². The maximum atomic E-state index is 6.14. The first-order chi connectivity index (χ1) is 9.34. The molecule has 0 amide bonds. The van der Waals surface area contributed by atoms with E-state index in [1.54, 1.807) is 0 Å². The minimum atomic E-state index is 0.749. The van der Waals surface area contributed by atoms with E-state index in [1.165, 1.54) is 5.39 Å². The zero-order chi connectivity index (χ0) is 13.1. The van der Waals surface area contributed by atoms with Gasteiger partial charge in [-0.05, 0) is 29.2 Å². The maximum Gasteiger partial charge on any atom is 0.0708 e. The van der Waals surface area contributed by atoms with Crippen LogP contribution in [0, 0.1) is 0 Å². The molecular weight excluding hydrogens is 254 g/mol. The Balaban J connectivity index is 2.04. The molecule has 1 heterocycles. The van der Waals surface area contributed by atoms with E-state index in [2.05, 4.69) is 17.1 Å². The quantitative estimate of drug-likeness (QED) is 0.631. The molecule has 0 fully saturated rings. The third-order valence-corrected chi connectivity index (χ3v) is 3.37. The zero-order valence-corrected chi connectivity index (χ0v) is 11.0. The third-order valence-electron chi connectivity index (χ3n) is 3.03. The van der Waals surface area contributed by atoms with Crippen molar-refractivity contribution in [3.05, 3.63) is 77.1 Å². The fraction of sp³-hybridized carbons (Fsp3) is 0. The van der Waals surface area contributed by atoms with Crippen LogP contribution in [0.4, 0.5) is 0 Å². The molecule has 92 valence electrons. The summed E-state index contributed by atoms with van der Waals surface area (Å²) in [5.41, 5.74) is 1.96. The molecule has 0 aliphatic carbocycles. The van der Waals surface area contributed by atoms with Crippen LogP contribution in [0.3, 0.4) is 0 Å². The van der Waals surface area contributed by atoms with Crippen LogP contribution in [-0.4, -0.2) is 4.98 Å². The molecule has 3 rings (SSSR count). The molecule has 3 aromatic rings. The van der Waals surface area contributed by atoms with Crippen molar-refractivity contribution in [2.45, 2.75) is 0 Å². The van der Waals surface area contributed by atoms with E-state index in [-0.39, 0.29) is 0 Å². The number of hydrogen-bond acceptors (Lipinski definition) is 1. The Morgan fingerprint density at radius 2 is 1.63 bits per heavy atom. The van der Waals surface area contributed by atoms with Crippen LogP contribution in [0.1, 0.15) is 11.3 Å². The molecule has 0 aliphatic heterocycles. The molecule has 0 aliphatic rings. The molecule has 0 N–H and O–H groups in total. The van der Waals surface area contributed by atoms with Crippen molar-refractivity contribution in [2.75, 3.05) is 0 Å². The molecule has 2 heteroatoms. The molecule has 1 aromatic heterocycles. The van der Waals surface area contributed by atoms with Gasteiger partial charge in [0.25, 0.3) is 0 Å². The van der Waals surface area contributed by atoms with Crippen LogP contribution < -0.4 is 0 Å². The van der Waals surface area contributed by atoms with E-state index in [0.29, 0.717) is 0 Å². The predicted molar refractivity (Wildman–Crippen MR) is 82.1 cm³/mol. The summed E-state index contributed by atoms with van der Waals surface area (Å²) in [5.74, 6) is 0. The first-order valence-corrected chi connectivity index (χ1v) is 6.49. The lowest BCUT2D eigenvalue weighted by Gasteiger charge is -2.01. The minimum Gasteiger partial charge on any atom is -0.256 e. The molecule has 0 spiro atoms. The van der Waals surface area contributed by atoms with Gasteiger partial charge in [0.05, 0.1) is 5.69 Å². The van der Waals surface area contributed by atoms with Crippen molar-refractivity contribution >= 4 is 34.5 Å². The van der Waals surface area contributed by atoms with Gasteiger partial charge in [0, 0.05) is 16.6 Å². The van der Waals surface area contributed by atoms with Gasteiger partial charge in [-0.2, -0.15) is 0 Å². The van der Waals surface area contributed by atoms with Gasteiger partial charge in [-0.15, -0.1) is 0 Å². The number of aromatic nitrogens is 1. The highest BCUT2D eigenvalue weighted by Gasteiger charge is 1.99. The summed E-state index contributed by atoms with van der Waals surface area (Å²) in [4.78, 5) is 4.42. The van der Waals surface area contributed by atoms with E-state index in [0.717, 1.165) is 21.7 Å². The second-order valence-corrected chi connectivity index (χ2v) is 4.68. The number of nitrogens with zero attached hydrogens (tertiary/aromatic N) is 1. The Morgan fingerprint density at radius 3 is 2.53 bits per heavy atom. The van der Waals surface area contributed by atoms with Gasteiger partial charge in [-0.25, -0.2) is 0 Å². The summed E-state index contributed by atoms with van der Waals surface area (Å²) in [5, 5.41) is 3.09. The van der Waals surface area contributed by atoms with E-state index in [1.807, 2.05) is 60.8 Å². The summed E-state index contributed by atoms with van der Waals surface area (Å²) < 4.78 is 0. The van der Waals surface area contributed by atoms with Crippen molar-refractivity contribution in [2.24, 2.45) is 0 Å². The Hall–Kier alpha value is -2.12. The molecule has 0 unspecified atom stereocenters. The van der Waals surface area contributed by atoms with E-state index in [4.69, 9.17) is 11.6 Å². The monoisotopic (exact) mass is 265 g/mol. The molecule has 1 nitrogen and oxygen atoms in total. The van der Waals surface area contributed by atoms with Crippen LogP contribution >= 0.6 is 11.6 Å². The average molecular weight is 266 g/mol. The number of pyridine rings is 1. The molecule has 19 heavy (non-hydrogen) atoms. The minimum absolute atomic E-state index is 0.749. The normalized spacial score (nSPS) is 11.2. The lowest BCUT2D eigenvalue weighted by Crippen LogP contribution is -1.83. The highest BCUT2D eigenvalue weighted by atomic mass is 35.5. The lowest BCUT2D eigenvalue weighted by atomic mass is 10.1. The standard InChI is InChI=1S/C17H12ClN/c18-16-8-4-2-6-14(16)9-10-17-15-7-3-1-5-13(15)11-12-19-17/h1-12H/b10-9+. The summed E-state index contributed by atoms with van der Waals surface area (Å²) in [7, 11) is 0. The number of benzene rings is 2. The van der Waals surface area contributed by atoms with Gasteiger partial charge in [0.15, 0.2) is 0 Å². The van der Waals surface area contributed by atoms with Crippen LogP contribution in [0.2, 0.25) is 5.02 Å². The zero-order valence-electron chi connectivity index (χ0n) is 10.3. The predicted octanol–water partition coefficient (Wildman–Crippen LogP) is 5.06. The van der Waals surface area contributed by atoms with Crippen molar-refractivity contribution < 1.29 is 0 Å². The Labute approximate surface area is 117 Å². The number of halogens is 1. The van der Waals surface area contributed by atoms with Gasteiger partial charge in [0.1, 0.15) is 0 Å².